The van der Waals surface area contributed by atoms with Crippen LogP contribution in [0.25, 0.3) is 0 Å². The Morgan fingerprint density at radius 2 is 2.03 bits per heavy atom. The number of anilines is 2. The smallest absolute Gasteiger partial charge is 0.259 e. The van der Waals surface area contributed by atoms with E-state index < -0.39 is 6.10 Å². The Kier molecular flexibility index (Phi) is 7.30. The number of amides is 1. The molecule has 0 bridgehead atoms. The molecule has 1 N–H and O–H groups in total. The van der Waals surface area contributed by atoms with Crippen LogP contribution in [0.2, 0.25) is 0 Å². The van der Waals surface area contributed by atoms with Gasteiger partial charge in [-0.05, 0) is 42.2 Å². The van der Waals surface area contributed by atoms with Crippen molar-refractivity contribution in [3.63, 3.8) is 0 Å². The van der Waals surface area contributed by atoms with Crippen LogP contribution in [0.5, 0.6) is 11.5 Å². The van der Waals surface area contributed by atoms with Gasteiger partial charge in [-0.2, -0.15) is 5.10 Å². The van der Waals surface area contributed by atoms with Crippen molar-refractivity contribution in [2.75, 3.05) is 44.6 Å². The lowest BCUT2D eigenvalue weighted by Crippen LogP contribution is -2.22. The number of hydrogen-bond donors (Lipinski definition) is 1. The van der Waals surface area contributed by atoms with Crippen molar-refractivity contribution in [3.05, 3.63) is 47.1 Å². The van der Waals surface area contributed by atoms with Gasteiger partial charge in [0.2, 0.25) is 5.13 Å². The third kappa shape index (κ3) is 5.37. The number of methoxy groups -OCH3 is 3. The molecule has 1 aliphatic heterocycles. The van der Waals surface area contributed by atoms with E-state index in [1.807, 2.05) is 12.1 Å². The summed E-state index contributed by atoms with van der Waals surface area (Å²) < 4.78 is 16.0. The van der Waals surface area contributed by atoms with Gasteiger partial charge in [0.05, 0.1) is 14.2 Å². The Morgan fingerprint density at radius 1 is 1.18 bits per heavy atom. The van der Waals surface area contributed by atoms with E-state index in [1.54, 1.807) is 38.6 Å². The second-order valence-corrected chi connectivity index (χ2v) is 8.67. The number of aromatic nitrogens is 4. The average Bonchev–Trinajstić information content (AvgIpc) is 3.49. The van der Waals surface area contributed by atoms with E-state index in [0.717, 1.165) is 36.8 Å². The normalized spacial score (nSPS) is 16.5. The van der Waals surface area contributed by atoms with Crippen molar-refractivity contribution in [2.24, 2.45) is 5.92 Å². The Balaban J connectivity index is 1.36. The first kappa shape index (κ1) is 22.9. The van der Waals surface area contributed by atoms with E-state index in [-0.39, 0.29) is 5.91 Å². The third-order valence-electron chi connectivity index (χ3n) is 5.51. The van der Waals surface area contributed by atoms with Crippen LogP contribution < -0.4 is 19.7 Å². The van der Waals surface area contributed by atoms with Gasteiger partial charge in [-0.25, -0.2) is 0 Å². The second-order valence-electron chi connectivity index (χ2n) is 7.61. The van der Waals surface area contributed by atoms with Gasteiger partial charge in [0.25, 0.3) is 5.91 Å². The first-order valence-electron chi connectivity index (χ1n) is 10.5. The largest absolute Gasteiger partial charge is 0.493 e. The number of hydrogen-bond acceptors (Lipinski definition) is 10. The van der Waals surface area contributed by atoms with Crippen LogP contribution in [0.3, 0.4) is 0 Å². The van der Waals surface area contributed by atoms with E-state index in [2.05, 4.69) is 30.6 Å². The zero-order valence-electron chi connectivity index (χ0n) is 18.7. The van der Waals surface area contributed by atoms with Crippen LogP contribution in [-0.2, 0) is 16.0 Å². The fraction of sp³-hybridized carbons (Fsp3) is 0.409. The van der Waals surface area contributed by atoms with Gasteiger partial charge in [0, 0.05) is 32.8 Å². The van der Waals surface area contributed by atoms with E-state index in [0.29, 0.717) is 28.1 Å². The molecule has 10 nitrogen and oxygen atoms in total. The second kappa shape index (κ2) is 10.5. The van der Waals surface area contributed by atoms with Crippen molar-refractivity contribution in [2.45, 2.75) is 18.9 Å². The summed E-state index contributed by atoms with van der Waals surface area (Å²) in [6, 6.07) is 9.09. The molecule has 0 radical (unpaired) electrons. The van der Waals surface area contributed by atoms with Gasteiger partial charge < -0.3 is 19.1 Å². The van der Waals surface area contributed by atoms with E-state index in [9.17, 15) is 4.79 Å². The Hall–Kier alpha value is -3.31. The molecule has 1 amide bonds. The molecule has 3 heterocycles. The summed E-state index contributed by atoms with van der Waals surface area (Å²) in [4.78, 5) is 15.1. The average molecular weight is 471 g/mol. The van der Waals surface area contributed by atoms with E-state index >= 15 is 0 Å². The molecule has 0 aliphatic carbocycles. The summed E-state index contributed by atoms with van der Waals surface area (Å²) in [5.74, 6) is 2.11. The topological polar surface area (TPSA) is 112 Å². The highest BCUT2D eigenvalue weighted by atomic mass is 32.1. The van der Waals surface area contributed by atoms with Crippen molar-refractivity contribution in [3.8, 4) is 11.5 Å². The van der Waals surface area contributed by atoms with Gasteiger partial charge in [0.1, 0.15) is 5.01 Å². The van der Waals surface area contributed by atoms with E-state index in [1.165, 1.54) is 18.4 Å². The molecule has 3 aromatic rings. The van der Waals surface area contributed by atoms with Gasteiger partial charge in [-0.15, -0.1) is 15.3 Å². The fourth-order valence-corrected chi connectivity index (χ4v) is 4.74. The molecule has 1 aromatic carbocycles. The minimum atomic E-state index is -0.826. The van der Waals surface area contributed by atoms with Crippen LogP contribution in [0.15, 0.2) is 36.5 Å². The summed E-state index contributed by atoms with van der Waals surface area (Å²) in [7, 11) is 4.59. The zero-order chi connectivity index (χ0) is 23.2. The molecule has 2 atom stereocenters. The molecule has 0 unspecified atom stereocenters. The number of nitrogens with one attached hydrogen (secondary N) is 1. The van der Waals surface area contributed by atoms with Crippen LogP contribution >= 0.6 is 11.3 Å². The van der Waals surface area contributed by atoms with Gasteiger partial charge in [-0.1, -0.05) is 17.4 Å². The number of carbonyl (C=O) groups is 1. The molecule has 0 spiro atoms. The van der Waals surface area contributed by atoms with Gasteiger partial charge in [0.15, 0.2) is 23.4 Å². The highest BCUT2D eigenvalue weighted by Gasteiger charge is 2.26. The first-order valence-corrected chi connectivity index (χ1v) is 11.3. The lowest BCUT2D eigenvalue weighted by Gasteiger charge is -2.16. The molecule has 1 fully saturated rings. The molecule has 4 rings (SSSR count). The predicted octanol–water partition coefficient (Wildman–Crippen LogP) is 2.74. The van der Waals surface area contributed by atoms with Crippen LogP contribution in [-0.4, -0.2) is 60.7 Å². The lowest BCUT2D eigenvalue weighted by atomic mass is 10.1. The summed E-state index contributed by atoms with van der Waals surface area (Å²) in [6.45, 7) is 1.83. The summed E-state index contributed by atoms with van der Waals surface area (Å²) in [5.41, 5.74) is 0.646. The summed E-state index contributed by atoms with van der Waals surface area (Å²) >= 11 is 1.38. The Bertz CT molecular complexity index is 1080. The minimum absolute atomic E-state index is 0.331. The highest BCUT2D eigenvalue weighted by Crippen LogP contribution is 2.32. The number of rotatable bonds is 9. The number of nitrogens with zero attached hydrogens (tertiary/aromatic N) is 5. The summed E-state index contributed by atoms with van der Waals surface area (Å²) in [5, 5.41) is 20.7. The van der Waals surface area contributed by atoms with Crippen molar-refractivity contribution in [1.82, 2.24) is 20.4 Å². The van der Waals surface area contributed by atoms with Crippen LogP contribution in [0.1, 0.15) is 23.1 Å². The minimum Gasteiger partial charge on any atom is -0.493 e. The SMILES string of the molecule is COc1ccc([C@H](OC)C(=O)Nc2nnc(C[C@@H]3CCN(c4cccnn4)C3)s2)cc1OC. The molecule has 0 saturated carbocycles. The first-order chi connectivity index (χ1) is 16.1. The molecule has 1 saturated heterocycles. The molecule has 33 heavy (non-hydrogen) atoms. The maximum atomic E-state index is 12.9. The van der Waals surface area contributed by atoms with Gasteiger partial charge >= 0.3 is 0 Å². The predicted molar refractivity (Wildman–Crippen MR) is 124 cm³/mol. The van der Waals surface area contributed by atoms with E-state index in [4.69, 9.17) is 14.2 Å². The molecule has 2 aromatic heterocycles. The molecule has 174 valence electrons. The maximum absolute atomic E-state index is 12.9. The van der Waals surface area contributed by atoms with Gasteiger partial charge in [-0.3, -0.25) is 10.1 Å². The molecular formula is C22H26N6O4S. The monoisotopic (exact) mass is 470 g/mol. The molecule has 1 aliphatic rings. The van der Waals surface area contributed by atoms with Crippen LogP contribution in [0.4, 0.5) is 10.9 Å². The van der Waals surface area contributed by atoms with Crippen molar-refractivity contribution >= 4 is 28.2 Å². The highest BCUT2D eigenvalue weighted by molar-refractivity contribution is 7.15. The van der Waals surface area contributed by atoms with Crippen molar-refractivity contribution < 1.29 is 19.0 Å². The number of carbonyl (C=O) groups excluding carboxylic acids is 1. The molecule has 11 heteroatoms. The summed E-state index contributed by atoms with van der Waals surface area (Å²) in [6.07, 6.45) is 2.69. The number of ether oxygens (including phenoxy) is 3. The van der Waals surface area contributed by atoms with Crippen LogP contribution in [0, 0.1) is 5.92 Å². The Labute approximate surface area is 195 Å². The third-order valence-corrected chi connectivity index (χ3v) is 6.37. The molecular weight excluding hydrogens is 444 g/mol. The lowest BCUT2D eigenvalue weighted by molar-refractivity contribution is -0.126. The number of benzene rings is 1. The fourth-order valence-electron chi connectivity index (χ4n) is 3.88. The maximum Gasteiger partial charge on any atom is 0.259 e. The quantitative estimate of drug-likeness (QED) is 0.504. The van der Waals surface area contributed by atoms with Crippen molar-refractivity contribution in [1.29, 1.82) is 0 Å². The standard InChI is InChI=1S/C22H26N6O4S/c1-30-16-7-6-15(12-17(16)31-2)20(32-3)21(29)24-22-27-26-19(33-22)11-14-8-10-28(13-14)18-5-4-9-23-25-18/h4-7,9,12,14,20H,8,10-11,13H2,1-3H3,(H,24,27,29)/t14-,20-/m0/s1. The zero-order valence-corrected chi connectivity index (χ0v) is 19.5. The Morgan fingerprint density at radius 3 is 2.76 bits per heavy atom.